The van der Waals surface area contributed by atoms with Crippen molar-refractivity contribution in [2.75, 3.05) is 25.8 Å². The fourth-order valence-corrected chi connectivity index (χ4v) is 3.17. The van der Waals surface area contributed by atoms with E-state index in [0.29, 0.717) is 11.5 Å². The molecule has 1 aliphatic heterocycles. The lowest BCUT2D eigenvalue weighted by Crippen LogP contribution is -2.42. The van der Waals surface area contributed by atoms with Crippen molar-refractivity contribution < 1.29 is 23.8 Å². The van der Waals surface area contributed by atoms with Gasteiger partial charge in [0.05, 0.1) is 26.5 Å². The first-order chi connectivity index (χ1) is 14.6. The van der Waals surface area contributed by atoms with Gasteiger partial charge >= 0.3 is 5.97 Å². The Kier molecular flexibility index (Phi) is 6.90. The zero-order valence-corrected chi connectivity index (χ0v) is 17.3. The van der Waals surface area contributed by atoms with Crippen molar-refractivity contribution in [3.8, 4) is 11.5 Å². The van der Waals surface area contributed by atoms with Crippen molar-refractivity contribution in [2.45, 2.75) is 25.9 Å². The molecule has 1 atom stereocenters. The van der Waals surface area contributed by atoms with E-state index in [4.69, 9.17) is 14.2 Å². The van der Waals surface area contributed by atoms with Gasteiger partial charge in [0.15, 0.2) is 0 Å². The van der Waals surface area contributed by atoms with Gasteiger partial charge in [-0.25, -0.2) is 4.79 Å². The summed E-state index contributed by atoms with van der Waals surface area (Å²) in [5, 5.41) is 8.84. The monoisotopic (exact) mass is 411 g/mol. The molecule has 2 aromatic carbocycles. The summed E-state index contributed by atoms with van der Waals surface area (Å²) < 4.78 is 15.7. The highest BCUT2D eigenvalue weighted by Gasteiger charge is 2.36. The van der Waals surface area contributed by atoms with E-state index >= 15 is 0 Å². The van der Waals surface area contributed by atoms with Crippen molar-refractivity contribution in [2.24, 2.45) is 5.10 Å². The normalized spacial score (nSPS) is 15.4. The molecule has 158 valence electrons. The first-order valence-corrected chi connectivity index (χ1v) is 9.64. The lowest BCUT2D eigenvalue weighted by molar-refractivity contribution is -0.135. The molecular formula is C22H25N3O5. The molecule has 0 aliphatic carbocycles. The number of methoxy groups -OCH3 is 2. The fourth-order valence-electron chi connectivity index (χ4n) is 3.17. The minimum atomic E-state index is -0.656. The second kappa shape index (κ2) is 9.78. The number of carbonyl (C=O) groups is 2. The number of esters is 1. The molecule has 8 nitrogen and oxygen atoms in total. The zero-order valence-electron chi connectivity index (χ0n) is 17.3. The summed E-state index contributed by atoms with van der Waals surface area (Å²) >= 11 is 0. The molecule has 30 heavy (non-hydrogen) atoms. The van der Waals surface area contributed by atoms with Gasteiger partial charge in [0, 0.05) is 24.6 Å². The molecule has 3 rings (SSSR count). The third kappa shape index (κ3) is 4.71. The van der Waals surface area contributed by atoms with E-state index in [9.17, 15) is 9.59 Å². The Hall–Kier alpha value is -3.55. The van der Waals surface area contributed by atoms with Crippen LogP contribution in [0.4, 0.5) is 5.69 Å². The second-order valence-electron chi connectivity index (χ2n) is 6.56. The average Bonchev–Trinajstić information content (AvgIpc) is 3.24. The largest absolute Gasteiger partial charge is 0.497 e. The molecule has 0 aromatic heterocycles. The summed E-state index contributed by atoms with van der Waals surface area (Å²) in [6.45, 7) is 2.24. The van der Waals surface area contributed by atoms with Gasteiger partial charge in [-0.2, -0.15) is 5.10 Å². The van der Waals surface area contributed by atoms with Crippen LogP contribution in [0, 0.1) is 0 Å². The maximum absolute atomic E-state index is 13.0. The van der Waals surface area contributed by atoms with Crippen LogP contribution in [0.3, 0.4) is 0 Å². The highest BCUT2D eigenvalue weighted by molar-refractivity contribution is 6.38. The van der Waals surface area contributed by atoms with Crippen molar-refractivity contribution >= 4 is 23.3 Å². The number of para-hydroxylation sites is 1. The molecule has 0 spiro atoms. The van der Waals surface area contributed by atoms with Crippen molar-refractivity contribution in [3.63, 3.8) is 0 Å². The smallest absolute Gasteiger partial charge is 0.354 e. The van der Waals surface area contributed by atoms with Crippen LogP contribution in [0.5, 0.6) is 11.5 Å². The number of hydrazone groups is 1. The standard InChI is InChI=1S/C22H25N3O5/c1-4-30-22(27)18-13-19(25(24-18)16-8-6-5-7-9-16)21(26)23-14-15-10-11-17(28-2)12-20(15)29-3/h5-12,19H,4,13-14H2,1-3H3,(H,23,26). The molecule has 1 amide bonds. The minimum Gasteiger partial charge on any atom is -0.497 e. The molecule has 0 fully saturated rings. The maximum atomic E-state index is 13.0. The minimum absolute atomic E-state index is 0.166. The second-order valence-corrected chi connectivity index (χ2v) is 6.56. The average molecular weight is 411 g/mol. The van der Waals surface area contributed by atoms with E-state index in [1.165, 1.54) is 0 Å². The molecule has 0 radical (unpaired) electrons. The number of hydrogen-bond donors (Lipinski definition) is 1. The quantitative estimate of drug-likeness (QED) is 0.672. The van der Waals surface area contributed by atoms with Gasteiger partial charge in [0.2, 0.25) is 5.91 Å². The van der Waals surface area contributed by atoms with E-state index in [1.54, 1.807) is 38.3 Å². The number of anilines is 1. The first-order valence-electron chi connectivity index (χ1n) is 9.64. The third-order valence-corrected chi connectivity index (χ3v) is 4.69. The summed E-state index contributed by atoms with van der Waals surface area (Å²) in [6, 6.07) is 14.0. The number of amides is 1. The summed E-state index contributed by atoms with van der Waals surface area (Å²) in [7, 11) is 3.14. The van der Waals surface area contributed by atoms with E-state index in [1.807, 2.05) is 36.4 Å². The number of nitrogens with zero attached hydrogens (tertiary/aromatic N) is 2. The van der Waals surface area contributed by atoms with Crippen LogP contribution in [0.15, 0.2) is 53.6 Å². The summed E-state index contributed by atoms with van der Waals surface area (Å²) in [4.78, 5) is 25.2. The van der Waals surface area contributed by atoms with E-state index in [-0.39, 0.29) is 31.2 Å². The summed E-state index contributed by atoms with van der Waals surface area (Å²) in [6.07, 6.45) is 0.166. The van der Waals surface area contributed by atoms with Gasteiger partial charge in [-0.3, -0.25) is 9.80 Å². The van der Waals surface area contributed by atoms with E-state index in [0.717, 1.165) is 11.3 Å². The molecule has 8 heteroatoms. The number of rotatable bonds is 8. The number of ether oxygens (including phenoxy) is 3. The van der Waals surface area contributed by atoms with E-state index in [2.05, 4.69) is 10.4 Å². The van der Waals surface area contributed by atoms with Gasteiger partial charge in [-0.15, -0.1) is 0 Å². The molecule has 0 saturated heterocycles. The fraction of sp³-hybridized carbons (Fsp3) is 0.318. The predicted octanol–water partition coefficient (Wildman–Crippen LogP) is 2.52. The van der Waals surface area contributed by atoms with Crippen LogP contribution >= 0.6 is 0 Å². The summed E-state index contributed by atoms with van der Waals surface area (Å²) in [5.74, 6) is 0.523. The zero-order chi connectivity index (χ0) is 21.5. The van der Waals surface area contributed by atoms with Gasteiger partial charge < -0.3 is 19.5 Å². The highest BCUT2D eigenvalue weighted by Crippen LogP contribution is 2.27. The highest BCUT2D eigenvalue weighted by atomic mass is 16.5. The topological polar surface area (TPSA) is 89.5 Å². The predicted molar refractivity (Wildman–Crippen MR) is 113 cm³/mol. The van der Waals surface area contributed by atoms with Crippen LogP contribution in [-0.2, 0) is 20.9 Å². The Bertz CT molecular complexity index is 930. The van der Waals surface area contributed by atoms with Crippen LogP contribution in [-0.4, -0.2) is 44.5 Å². The summed E-state index contributed by atoms with van der Waals surface area (Å²) in [5.41, 5.74) is 1.75. The molecule has 1 unspecified atom stereocenters. The lowest BCUT2D eigenvalue weighted by atomic mass is 10.1. The Morgan fingerprint density at radius 2 is 1.90 bits per heavy atom. The molecule has 1 N–H and O–H groups in total. The van der Waals surface area contributed by atoms with Crippen molar-refractivity contribution in [3.05, 3.63) is 54.1 Å². The molecule has 0 bridgehead atoms. The van der Waals surface area contributed by atoms with Crippen LogP contribution in [0.2, 0.25) is 0 Å². The molecular weight excluding hydrogens is 386 g/mol. The van der Waals surface area contributed by atoms with Crippen LogP contribution in [0.1, 0.15) is 18.9 Å². The lowest BCUT2D eigenvalue weighted by Gasteiger charge is -2.23. The van der Waals surface area contributed by atoms with Gasteiger partial charge in [0.25, 0.3) is 0 Å². The Morgan fingerprint density at radius 3 is 2.57 bits per heavy atom. The van der Waals surface area contributed by atoms with Gasteiger partial charge in [0.1, 0.15) is 23.3 Å². The SMILES string of the molecule is CCOC(=O)C1=NN(c2ccccc2)C(C(=O)NCc2ccc(OC)cc2OC)C1. The number of benzene rings is 2. The third-order valence-electron chi connectivity index (χ3n) is 4.69. The molecule has 2 aromatic rings. The Balaban J connectivity index is 1.76. The number of nitrogens with one attached hydrogen (secondary N) is 1. The first kappa shape index (κ1) is 21.2. The van der Waals surface area contributed by atoms with Crippen molar-refractivity contribution in [1.29, 1.82) is 0 Å². The number of hydrogen-bond acceptors (Lipinski definition) is 7. The van der Waals surface area contributed by atoms with Crippen LogP contribution < -0.4 is 19.8 Å². The van der Waals surface area contributed by atoms with Crippen molar-refractivity contribution in [1.82, 2.24) is 5.32 Å². The molecule has 1 aliphatic rings. The van der Waals surface area contributed by atoms with Gasteiger partial charge in [-0.05, 0) is 31.2 Å². The number of carbonyl (C=O) groups excluding carboxylic acids is 2. The molecule has 0 saturated carbocycles. The van der Waals surface area contributed by atoms with Crippen LogP contribution in [0.25, 0.3) is 0 Å². The Labute approximate surface area is 175 Å². The van der Waals surface area contributed by atoms with Gasteiger partial charge in [-0.1, -0.05) is 18.2 Å². The maximum Gasteiger partial charge on any atom is 0.354 e. The molecule has 1 heterocycles. The Morgan fingerprint density at radius 1 is 1.13 bits per heavy atom. The van der Waals surface area contributed by atoms with E-state index < -0.39 is 12.0 Å².